The fraction of sp³-hybridized carbons (Fsp3) is 0.538. The van der Waals surface area contributed by atoms with Gasteiger partial charge in [0, 0.05) is 23.6 Å². The van der Waals surface area contributed by atoms with Gasteiger partial charge in [0.15, 0.2) is 0 Å². The molecule has 17 heavy (non-hydrogen) atoms. The summed E-state index contributed by atoms with van der Waals surface area (Å²) < 4.78 is 14.3. The van der Waals surface area contributed by atoms with Crippen LogP contribution in [0, 0.1) is 11.7 Å². The average molecular weight is 301 g/mol. The molecule has 0 aliphatic carbocycles. The first kappa shape index (κ1) is 13.0. The van der Waals surface area contributed by atoms with Gasteiger partial charge in [-0.3, -0.25) is 4.90 Å². The summed E-state index contributed by atoms with van der Waals surface area (Å²) in [5.74, 6) is 0.505. The van der Waals surface area contributed by atoms with Crippen molar-refractivity contribution in [1.29, 1.82) is 0 Å². The van der Waals surface area contributed by atoms with E-state index in [0.717, 1.165) is 23.1 Å². The smallest absolute Gasteiger partial charge is 0.123 e. The number of rotatable bonds is 3. The molecule has 2 nitrogen and oxygen atoms in total. The second-order valence-corrected chi connectivity index (χ2v) is 5.66. The fourth-order valence-corrected chi connectivity index (χ4v) is 3.01. The van der Waals surface area contributed by atoms with Crippen LogP contribution in [-0.4, -0.2) is 24.5 Å². The van der Waals surface area contributed by atoms with Crippen molar-refractivity contribution in [2.45, 2.75) is 19.4 Å². The van der Waals surface area contributed by atoms with Crippen LogP contribution in [0.5, 0.6) is 0 Å². The molecule has 1 aliphatic heterocycles. The highest BCUT2D eigenvalue weighted by molar-refractivity contribution is 9.10. The van der Waals surface area contributed by atoms with Crippen molar-refractivity contribution < 1.29 is 4.39 Å². The summed E-state index contributed by atoms with van der Waals surface area (Å²) in [7, 11) is 0. The number of hydrogen-bond donors (Lipinski definition) is 1. The summed E-state index contributed by atoms with van der Waals surface area (Å²) >= 11 is 3.49. The second-order valence-electron chi connectivity index (χ2n) is 4.81. The molecule has 2 rings (SSSR count). The van der Waals surface area contributed by atoms with Crippen LogP contribution in [0.15, 0.2) is 22.7 Å². The molecule has 0 amide bonds. The first-order valence-electron chi connectivity index (χ1n) is 6.01. The Labute approximate surface area is 110 Å². The molecule has 2 N–H and O–H groups in total. The van der Waals surface area contributed by atoms with E-state index < -0.39 is 0 Å². The maximum atomic E-state index is 13.3. The van der Waals surface area contributed by atoms with E-state index in [1.165, 1.54) is 12.5 Å². The third kappa shape index (κ3) is 2.87. The van der Waals surface area contributed by atoms with Gasteiger partial charge in [0.1, 0.15) is 5.82 Å². The Kier molecular flexibility index (Phi) is 4.17. The molecule has 1 heterocycles. The minimum Gasteiger partial charge on any atom is -0.329 e. The highest BCUT2D eigenvalue weighted by Gasteiger charge is 2.27. The molecule has 0 bridgehead atoms. The lowest BCUT2D eigenvalue weighted by Crippen LogP contribution is -2.32. The molecule has 1 aromatic carbocycles. The standard InChI is InChI=1S/C13H18BrFN2/c1-9-4-5-17(8-9)13(7-16)11-6-10(15)2-3-12(11)14/h2-3,6,9,13H,4-5,7-8,16H2,1H3. The molecular formula is C13H18BrFN2. The Bertz CT molecular complexity index is 397. The minimum absolute atomic E-state index is 0.116. The van der Waals surface area contributed by atoms with Crippen LogP contribution in [0.1, 0.15) is 24.9 Å². The molecule has 1 saturated heterocycles. The van der Waals surface area contributed by atoms with Crippen LogP contribution >= 0.6 is 15.9 Å². The summed E-state index contributed by atoms with van der Waals surface area (Å²) in [6, 6.07) is 4.93. The lowest BCUT2D eigenvalue weighted by Gasteiger charge is -2.27. The van der Waals surface area contributed by atoms with Crippen molar-refractivity contribution in [1.82, 2.24) is 4.90 Å². The Hall–Kier alpha value is -0.450. The SMILES string of the molecule is CC1CCN(C(CN)c2cc(F)ccc2Br)C1. The van der Waals surface area contributed by atoms with E-state index >= 15 is 0 Å². The van der Waals surface area contributed by atoms with Gasteiger partial charge in [0.05, 0.1) is 0 Å². The zero-order valence-electron chi connectivity index (χ0n) is 10.00. The van der Waals surface area contributed by atoms with Crippen molar-refractivity contribution in [3.8, 4) is 0 Å². The monoisotopic (exact) mass is 300 g/mol. The lowest BCUT2D eigenvalue weighted by molar-refractivity contribution is 0.242. The lowest BCUT2D eigenvalue weighted by atomic mass is 10.1. The summed E-state index contributed by atoms with van der Waals surface area (Å²) in [6.45, 7) is 4.86. The van der Waals surface area contributed by atoms with E-state index in [0.29, 0.717) is 12.5 Å². The number of likely N-dealkylation sites (tertiary alicyclic amines) is 1. The van der Waals surface area contributed by atoms with Gasteiger partial charge in [-0.15, -0.1) is 0 Å². The predicted octanol–water partition coefficient (Wildman–Crippen LogP) is 2.93. The number of halogens is 2. The van der Waals surface area contributed by atoms with Crippen molar-refractivity contribution >= 4 is 15.9 Å². The van der Waals surface area contributed by atoms with Crippen molar-refractivity contribution in [3.63, 3.8) is 0 Å². The molecule has 2 atom stereocenters. The molecule has 4 heteroatoms. The van der Waals surface area contributed by atoms with Crippen LogP contribution in [0.2, 0.25) is 0 Å². The zero-order valence-corrected chi connectivity index (χ0v) is 11.6. The topological polar surface area (TPSA) is 29.3 Å². The van der Waals surface area contributed by atoms with Crippen LogP contribution in [0.4, 0.5) is 4.39 Å². The molecular weight excluding hydrogens is 283 g/mol. The van der Waals surface area contributed by atoms with E-state index in [1.54, 1.807) is 12.1 Å². The highest BCUT2D eigenvalue weighted by Crippen LogP contribution is 2.31. The van der Waals surface area contributed by atoms with Crippen molar-refractivity contribution in [2.24, 2.45) is 11.7 Å². The second kappa shape index (κ2) is 5.46. The van der Waals surface area contributed by atoms with Gasteiger partial charge >= 0.3 is 0 Å². The van der Waals surface area contributed by atoms with E-state index in [4.69, 9.17) is 5.73 Å². The predicted molar refractivity (Wildman–Crippen MR) is 71.2 cm³/mol. The quantitative estimate of drug-likeness (QED) is 0.930. The fourth-order valence-electron chi connectivity index (χ4n) is 2.49. The molecule has 1 aliphatic rings. The van der Waals surface area contributed by atoms with Crippen molar-refractivity contribution in [2.75, 3.05) is 19.6 Å². The summed E-state index contributed by atoms with van der Waals surface area (Å²) in [6.07, 6.45) is 1.20. The molecule has 0 radical (unpaired) electrons. The van der Waals surface area contributed by atoms with Gasteiger partial charge < -0.3 is 5.73 Å². The Balaban J connectivity index is 2.25. The van der Waals surface area contributed by atoms with Crippen LogP contribution < -0.4 is 5.73 Å². The number of nitrogens with zero attached hydrogens (tertiary/aromatic N) is 1. The Morgan fingerprint density at radius 1 is 1.59 bits per heavy atom. The maximum Gasteiger partial charge on any atom is 0.123 e. The molecule has 1 aromatic rings. The largest absolute Gasteiger partial charge is 0.329 e. The molecule has 2 unspecified atom stereocenters. The number of hydrogen-bond acceptors (Lipinski definition) is 2. The van der Waals surface area contributed by atoms with Gasteiger partial charge in [-0.05, 0) is 42.6 Å². The summed E-state index contributed by atoms with van der Waals surface area (Å²) in [5.41, 5.74) is 6.82. The van der Waals surface area contributed by atoms with Crippen LogP contribution in [-0.2, 0) is 0 Å². The first-order chi connectivity index (χ1) is 8.11. The third-order valence-corrected chi connectivity index (χ3v) is 4.16. The van der Waals surface area contributed by atoms with Crippen LogP contribution in [0.3, 0.4) is 0 Å². The Morgan fingerprint density at radius 2 is 2.35 bits per heavy atom. The number of benzene rings is 1. The molecule has 0 saturated carbocycles. The van der Waals surface area contributed by atoms with Gasteiger partial charge in [0.2, 0.25) is 0 Å². The van der Waals surface area contributed by atoms with E-state index in [9.17, 15) is 4.39 Å². The van der Waals surface area contributed by atoms with Gasteiger partial charge in [-0.25, -0.2) is 4.39 Å². The maximum absolute atomic E-state index is 13.3. The normalized spacial score (nSPS) is 22.9. The van der Waals surface area contributed by atoms with E-state index in [-0.39, 0.29) is 11.9 Å². The van der Waals surface area contributed by atoms with Crippen molar-refractivity contribution in [3.05, 3.63) is 34.1 Å². The van der Waals surface area contributed by atoms with E-state index in [1.807, 2.05) is 0 Å². The molecule has 0 aromatic heterocycles. The Morgan fingerprint density at radius 3 is 2.94 bits per heavy atom. The highest BCUT2D eigenvalue weighted by atomic mass is 79.9. The minimum atomic E-state index is -0.200. The van der Waals surface area contributed by atoms with Crippen LogP contribution in [0.25, 0.3) is 0 Å². The molecule has 94 valence electrons. The van der Waals surface area contributed by atoms with E-state index in [2.05, 4.69) is 27.8 Å². The zero-order chi connectivity index (χ0) is 12.4. The van der Waals surface area contributed by atoms with Gasteiger partial charge in [-0.1, -0.05) is 22.9 Å². The van der Waals surface area contributed by atoms with Gasteiger partial charge in [0.25, 0.3) is 0 Å². The molecule has 1 fully saturated rings. The number of nitrogens with two attached hydrogens (primary N) is 1. The third-order valence-electron chi connectivity index (χ3n) is 3.44. The average Bonchev–Trinajstić information content (AvgIpc) is 2.71. The molecule has 0 spiro atoms. The first-order valence-corrected chi connectivity index (χ1v) is 6.80. The summed E-state index contributed by atoms with van der Waals surface area (Å²) in [5, 5.41) is 0. The van der Waals surface area contributed by atoms with Gasteiger partial charge in [-0.2, -0.15) is 0 Å². The summed E-state index contributed by atoms with van der Waals surface area (Å²) in [4.78, 5) is 2.35.